The van der Waals surface area contributed by atoms with Crippen molar-refractivity contribution in [2.75, 3.05) is 25.4 Å². The fraction of sp³-hybridized carbons (Fsp3) is 0.438. The maximum absolute atomic E-state index is 12.7. The summed E-state index contributed by atoms with van der Waals surface area (Å²) in [6, 6.07) is 3.75. The second kappa shape index (κ2) is 6.72. The lowest BCUT2D eigenvalue weighted by atomic mass is 10.1. The molecule has 0 radical (unpaired) electrons. The van der Waals surface area contributed by atoms with E-state index in [-0.39, 0.29) is 0 Å². The molecular weight excluding hydrogens is 312 g/mol. The average Bonchev–Trinajstić information content (AvgIpc) is 2.81. The summed E-state index contributed by atoms with van der Waals surface area (Å²) in [7, 11) is 0.341. The number of nitrogens with zero attached hydrogens (tertiary/aromatic N) is 3. The highest BCUT2D eigenvalue weighted by Crippen LogP contribution is 2.24. The Morgan fingerprint density at radius 2 is 1.78 bits per heavy atom. The quantitative estimate of drug-likeness (QED) is 0.878. The molecule has 0 bridgehead atoms. The number of sulfonamides is 1. The van der Waals surface area contributed by atoms with E-state index in [4.69, 9.17) is 0 Å². The summed E-state index contributed by atoms with van der Waals surface area (Å²) in [6.07, 6.45) is 3.24. The van der Waals surface area contributed by atoms with Crippen molar-refractivity contribution in [3.8, 4) is 0 Å². The topological polar surface area (TPSA) is 67.2 Å². The summed E-state index contributed by atoms with van der Waals surface area (Å²) in [5, 5.41) is 4.19. The van der Waals surface area contributed by atoms with E-state index in [2.05, 4.69) is 9.82 Å². The van der Waals surface area contributed by atoms with Crippen LogP contribution in [0.15, 0.2) is 29.4 Å². The molecule has 2 rings (SSSR count). The number of likely N-dealkylation sites (N-methyl/N-ethyl adjacent to an activating group) is 1. The van der Waals surface area contributed by atoms with Crippen molar-refractivity contribution in [1.29, 1.82) is 0 Å². The largest absolute Gasteiger partial charge is 0.308 e. The normalized spacial score (nSPS) is 11.9. The highest BCUT2D eigenvalue weighted by atomic mass is 32.2. The fourth-order valence-corrected chi connectivity index (χ4v) is 4.12. The van der Waals surface area contributed by atoms with Gasteiger partial charge in [-0.3, -0.25) is 9.40 Å². The Labute approximate surface area is 138 Å². The Hall–Kier alpha value is -1.86. The predicted molar refractivity (Wildman–Crippen MR) is 92.2 cm³/mol. The minimum absolute atomic E-state index is 0.337. The van der Waals surface area contributed by atoms with E-state index in [1.165, 1.54) is 6.20 Å². The van der Waals surface area contributed by atoms with Gasteiger partial charge in [-0.15, -0.1) is 0 Å². The van der Waals surface area contributed by atoms with E-state index in [9.17, 15) is 8.42 Å². The summed E-state index contributed by atoms with van der Waals surface area (Å²) in [5.74, 6) is 0. The highest BCUT2D eigenvalue weighted by Gasteiger charge is 2.20. The van der Waals surface area contributed by atoms with Gasteiger partial charge in [0, 0.05) is 12.7 Å². The van der Waals surface area contributed by atoms with Gasteiger partial charge in [-0.1, -0.05) is 17.7 Å². The molecule has 0 fully saturated rings. The van der Waals surface area contributed by atoms with Crippen molar-refractivity contribution < 1.29 is 8.42 Å². The molecule has 0 spiro atoms. The molecule has 7 heteroatoms. The van der Waals surface area contributed by atoms with E-state index in [1.54, 1.807) is 10.9 Å². The van der Waals surface area contributed by atoms with Crippen LogP contribution in [0.5, 0.6) is 0 Å². The average molecular weight is 336 g/mol. The molecule has 0 saturated carbocycles. The number of nitrogens with one attached hydrogen (secondary N) is 1. The zero-order chi connectivity index (χ0) is 17.2. The van der Waals surface area contributed by atoms with E-state index in [1.807, 2.05) is 51.9 Å². The SMILES string of the molecule is Cc1cc(C)c(S(=O)(=O)Nc2cnn(CCN(C)C)c2)c(C)c1. The number of benzene rings is 1. The summed E-state index contributed by atoms with van der Waals surface area (Å²) < 4.78 is 29.7. The van der Waals surface area contributed by atoms with Crippen LogP contribution >= 0.6 is 0 Å². The van der Waals surface area contributed by atoms with Gasteiger partial charge in [-0.25, -0.2) is 8.42 Å². The summed E-state index contributed by atoms with van der Waals surface area (Å²) in [6.45, 7) is 7.13. The Morgan fingerprint density at radius 3 is 2.35 bits per heavy atom. The van der Waals surface area contributed by atoms with Gasteiger partial charge in [-0.05, 0) is 46.0 Å². The van der Waals surface area contributed by atoms with E-state index in [0.29, 0.717) is 17.1 Å². The lowest BCUT2D eigenvalue weighted by Gasteiger charge is -2.13. The smallest absolute Gasteiger partial charge is 0.262 e. The van der Waals surface area contributed by atoms with Crippen LogP contribution in [0.25, 0.3) is 0 Å². The first kappa shape index (κ1) is 17.5. The minimum atomic E-state index is -3.62. The van der Waals surface area contributed by atoms with Crippen LogP contribution in [-0.4, -0.2) is 43.7 Å². The van der Waals surface area contributed by atoms with Crippen molar-refractivity contribution >= 4 is 15.7 Å². The molecule has 1 heterocycles. The molecule has 126 valence electrons. The maximum Gasteiger partial charge on any atom is 0.262 e. The van der Waals surface area contributed by atoms with Gasteiger partial charge >= 0.3 is 0 Å². The Morgan fingerprint density at radius 1 is 1.17 bits per heavy atom. The van der Waals surface area contributed by atoms with Gasteiger partial charge in [0.15, 0.2) is 0 Å². The fourth-order valence-electron chi connectivity index (χ4n) is 2.64. The third-order valence-corrected chi connectivity index (χ3v) is 5.22. The second-order valence-corrected chi connectivity index (χ2v) is 7.75. The van der Waals surface area contributed by atoms with Crippen molar-refractivity contribution in [3.63, 3.8) is 0 Å². The van der Waals surface area contributed by atoms with Gasteiger partial charge in [-0.2, -0.15) is 5.10 Å². The van der Waals surface area contributed by atoms with Crippen LogP contribution in [0, 0.1) is 20.8 Å². The first-order valence-corrected chi connectivity index (χ1v) is 8.95. The van der Waals surface area contributed by atoms with Crippen molar-refractivity contribution in [3.05, 3.63) is 41.2 Å². The summed E-state index contributed by atoms with van der Waals surface area (Å²) in [5.41, 5.74) is 3.02. The van der Waals surface area contributed by atoms with Crippen molar-refractivity contribution in [1.82, 2.24) is 14.7 Å². The summed E-state index contributed by atoms with van der Waals surface area (Å²) in [4.78, 5) is 2.38. The van der Waals surface area contributed by atoms with Crippen LogP contribution < -0.4 is 4.72 Å². The van der Waals surface area contributed by atoms with Crippen LogP contribution in [0.2, 0.25) is 0 Å². The molecule has 0 unspecified atom stereocenters. The van der Waals surface area contributed by atoms with Crippen LogP contribution in [0.1, 0.15) is 16.7 Å². The molecule has 1 aromatic carbocycles. The lowest BCUT2D eigenvalue weighted by Crippen LogP contribution is -2.18. The lowest BCUT2D eigenvalue weighted by molar-refractivity contribution is 0.373. The number of anilines is 1. The molecule has 23 heavy (non-hydrogen) atoms. The Bertz CT molecular complexity index is 771. The molecule has 0 aliphatic rings. The van der Waals surface area contributed by atoms with Crippen molar-refractivity contribution in [2.24, 2.45) is 0 Å². The molecule has 0 amide bonds. The molecular formula is C16H24N4O2S. The van der Waals surface area contributed by atoms with Crippen molar-refractivity contribution in [2.45, 2.75) is 32.2 Å². The van der Waals surface area contributed by atoms with Gasteiger partial charge in [0.2, 0.25) is 0 Å². The number of rotatable bonds is 6. The Kier molecular flexibility index (Phi) is 5.11. The number of aromatic nitrogens is 2. The van der Waals surface area contributed by atoms with Crippen LogP contribution in [0.3, 0.4) is 0 Å². The van der Waals surface area contributed by atoms with E-state index in [0.717, 1.165) is 23.2 Å². The zero-order valence-corrected chi connectivity index (χ0v) is 15.1. The molecule has 0 atom stereocenters. The minimum Gasteiger partial charge on any atom is -0.308 e. The number of hydrogen-bond acceptors (Lipinski definition) is 4. The van der Waals surface area contributed by atoms with E-state index >= 15 is 0 Å². The first-order valence-electron chi connectivity index (χ1n) is 7.47. The zero-order valence-electron chi connectivity index (χ0n) is 14.3. The van der Waals surface area contributed by atoms with E-state index < -0.39 is 10.0 Å². The number of hydrogen-bond donors (Lipinski definition) is 1. The summed E-state index contributed by atoms with van der Waals surface area (Å²) >= 11 is 0. The predicted octanol–water partition coefficient (Wildman–Crippen LogP) is 2.17. The maximum atomic E-state index is 12.7. The van der Waals surface area contributed by atoms with Gasteiger partial charge in [0.05, 0.1) is 23.3 Å². The highest BCUT2D eigenvalue weighted by molar-refractivity contribution is 7.92. The number of aryl methyl sites for hydroxylation is 3. The third-order valence-electron chi connectivity index (χ3n) is 3.54. The van der Waals surface area contributed by atoms with Gasteiger partial charge < -0.3 is 4.90 Å². The Balaban J connectivity index is 2.22. The standard InChI is InChI=1S/C16H24N4O2S/c1-12-8-13(2)16(14(3)9-12)23(21,22)18-15-10-17-20(11-15)7-6-19(4)5/h8-11,18H,6-7H2,1-5H3. The van der Waals surface area contributed by atoms with Crippen LogP contribution in [0.4, 0.5) is 5.69 Å². The van der Waals surface area contributed by atoms with Gasteiger partial charge in [0.1, 0.15) is 0 Å². The third kappa shape index (κ3) is 4.33. The monoisotopic (exact) mass is 336 g/mol. The second-order valence-electron chi connectivity index (χ2n) is 6.13. The molecule has 0 saturated heterocycles. The molecule has 0 aliphatic carbocycles. The molecule has 1 aromatic heterocycles. The molecule has 1 N–H and O–H groups in total. The van der Waals surface area contributed by atoms with Gasteiger partial charge in [0.25, 0.3) is 10.0 Å². The molecule has 2 aromatic rings. The van der Waals surface area contributed by atoms with Crippen LogP contribution in [-0.2, 0) is 16.6 Å². The molecule has 6 nitrogen and oxygen atoms in total. The molecule has 0 aliphatic heterocycles. The first-order chi connectivity index (χ1) is 10.7.